The summed E-state index contributed by atoms with van der Waals surface area (Å²) in [6.07, 6.45) is -2.30. The van der Waals surface area contributed by atoms with E-state index < -0.39 is 35.7 Å². The zero-order valence-corrected chi connectivity index (χ0v) is 15.6. The number of carboxylic acid groups (broad SMARTS) is 2. The number of fused-ring (bicyclic) bond motifs is 1. The molecule has 0 saturated heterocycles. The number of methoxy groups -OCH3 is 1. The number of carbonyl (C=O) groups is 3. The number of benzene rings is 2. The third-order valence-electron chi connectivity index (χ3n) is 4.23. The molecule has 0 aliphatic carbocycles. The Balaban J connectivity index is 2.42. The van der Waals surface area contributed by atoms with Crippen molar-refractivity contribution in [3.63, 3.8) is 0 Å². The molecule has 7 nitrogen and oxygen atoms in total. The molecule has 0 heterocycles. The van der Waals surface area contributed by atoms with E-state index in [9.17, 15) is 19.5 Å². The summed E-state index contributed by atoms with van der Waals surface area (Å²) in [4.78, 5) is 34.7. The van der Waals surface area contributed by atoms with Crippen molar-refractivity contribution in [3.05, 3.63) is 40.4 Å². The summed E-state index contributed by atoms with van der Waals surface area (Å²) in [5, 5.41) is 29.2. The van der Waals surface area contributed by atoms with Crippen molar-refractivity contribution in [1.29, 1.82) is 0 Å². The Morgan fingerprint density at radius 2 is 1.73 bits per heavy atom. The topological polar surface area (TPSA) is 121 Å². The zero-order chi connectivity index (χ0) is 19.6. The van der Waals surface area contributed by atoms with Crippen LogP contribution in [0.2, 0.25) is 0 Å². The van der Waals surface area contributed by atoms with Crippen LogP contribution in [0.5, 0.6) is 5.75 Å². The minimum Gasteiger partial charge on any atom is -0.496 e. The Morgan fingerprint density at radius 3 is 2.27 bits per heavy atom. The fourth-order valence-corrected chi connectivity index (χ4v) is 3.36. The number of ketones is 1. The number of carboxylic acids is 2. The molecule has 8 heteroatoms. The normalized spacial score (nSPS) is 14.5. The standard InChI is InChI=1S/C18H17BrO7/c1-8(15(20)13(17(22)23)16(21)18(24)25)9-3-5-11-10(7-9)4-6-12(26-2)14(11)19/h3-8,13,16,21H,1-2H3,(H,22,23)(H,24,25)/t8-,13?,16?/m1/s1. The van der Waals surface area contributed by atoms with E-state index in [2.05, 4.69) is 15.9 Å². The van der Waals surface area contributed by atoms with Gasteiger partial charge in [-0.1, -0.05) is 31.2 Å². The van der Waals surface area contributed by atoms with Crippen LogP contribution in [0.1, 0.15) is 18.4 Å². The van der Waals surface area contributed by atoms with E-state index in [4.69, 9.17) is 14.9 Å². The van der Waals surface area contributed by atoms with E-state index in [0.29, 0.717) is 11.3 Å². The quantitative estimate of drug-likeness (QED) is 0.583. The highest BCUT2D eigenvalue weighted by molar-refractivity contribution is 9.10. The van der Waals surface area contributed by atoms with Crippen molar-refractivity contribution in [2.24, 2.45) is 5.92 Å². The van der Waals surface area contributed by atoms with Gasteiger partial charge in [-0.25, -0.2) is 4.79 Å². The average Bonchev–Trinajstić information content (AvgIpc) is 2.60. The third-order valence-corrected chi connectivity index (χ3v) is 5.05. The molecule has 2 unspecified atom stereocenters. The molecule has 3 atom stereocenters. The first-order chi connectivity index (χ1) is 12.2. The van der Waals surface area contributed by atoms with E-state index in [1.54, 1.807) is 37.4 Å². The predicted octanol–water partition coefficient (Wildman–Crippen LogP) is 2.43. The summed E-state index contributed by atoms with van der Waals surface area (Å²) in [7, 11) is 1.54. The lowest BCUT2D eigenvalue weighted by Gasteiger charge is -2.19. The number of ether oxygens (including phenoxy) is 1. The lowest BCUT2D eigenvalue weighted by molar-refractivity contribution is -0.163. The molecule has 0 aromatic heterocycles. The molecule has 0 saturated carbocycles. The van der Waals surface area contributed by atoms with Crippen molar-refractivity contribution in [2.75, 3.05) is 7.11 Å². The summed E-state index contributed by atoms with van der Waals surface area (Å²) in [6.45, 7) is 1.48. The minimum absolute atomic E-state index is 0.517. The number of rotatable bonds is 7. The molecule has 138 valence electrons. The fraction of sp³-hybridized carbons (Fsp3) is 0.278. The first kappa shape index (κ1) is 19.9. The van der Waals surface area contributed by atoms with Gasteiger partial charge in [-0.05, 0) is 38.3 Å². The number of halogens is 1. The molecule has 0 spiro atoms. The van der Waals surface area contributed by atoms with Crippen LogP contribution < -0.4 is 4.74 Å². The monoisotopic (exact) mass is 424 g/mol. The molecule has 2 rings (SSSR count). The highest BCUT2D eigenvalue weighted by Gasteiger charge is 2.40. The molecule has 0 amide bonds. The number of hydrogen-bond acceptors (Lipinski definition) is 5. The second kappa shape index (κ2) is 7.84. The van der Waals surface area contributed by atoms with E-state index in [-0.39, 0.29) is 0 Å². The second-order valence-electron chi connectivity index (χ2n) is 5.79. The first-order valence-corrected chi connectivity index (χ1v) is 8.41. The number of hydrogen-bond donors (Lipinski definition) is 3. The zero-order valence-electron chi connectivity index (χ0n) is 14.0. The van der Waals surface area contributed by atoms with Gasteiger partial charge in [0, 0.05) is 5.92 Å². The Bertz CT molecular complexity index is 877. The molecular formula is C18H17BrO7. The summed E-state index contributed by atoms with van der Waals surface area (Å²) in [6, 6.07) is 8.66. The van der Waals surface area contributed by atoms with Gasteiger partial charge in [0.15, 0.2) is 17.8 Å². The van der Waals surface area contributed by atoms with E-state index in [1.807, 2.05) is 0 Å². The molecule has 26 heavy (non-hydrogen) atoms. The van der Waals surface area contributed by atoms with E-state index >= 15 is 0 Å². The molecule has 0 bridgehead atoms. The second-order valence-corrected chi connectivity index (χ2v) is 6.58. The number of aliphatic carboxylic acids is 2. The number of aliphatic hydroxyl groups is 1. The fourth-order valence-electron chi connectivity index (χ4n) is 2.71. The highest BCUT2D eigenvalue weighted by atomic mass is 79.9. The lowest BCUT2D eigenvalue weighted by atomic mass is 9.85. The minimum atomic E-state index is -2.30. The molecule has 0 aliphatic rings. The Morgan fingerprint density at radius 1 is 1.08 bits per heavy atom. The van der Waals surface area contributed by atoms with Crippen LogP contribution in [0.25, 0.3) is 10.8 Å². The van der Waals surface area contributed by atoms with Gasteiger partial charge in [0.1, 0.15) is 5.75 Å². The molecule has 3 N–H and O–H groups in total. The van der Waals surface area contributed by atoms with Crippen molar-refractivity contribution in [2.45, 2.75) is 18.9 Å². The maximum absolute atomic E-state index is 12.5. The van der Waals surface area contributed by atoms with Gasteiger partial charge >= 0.3 is 11.9 Å². The van der Waals surface area contributed by atoms with Crippen molar-refractivity contribution in [3.8, 4) is 5.75 Å². The van der Waals surface area contributed by atoms with E-state index in [1.165, 1.54) is 6.92 Å². The molecule has 0 aliphatic heterocycles. The maximum Gasteiger partial charge on any atom is 0.333 e. The summed E-state index contributed by atoms with van der Waals surface area (Å²) >= 11 is 3.44. The molecule has 2 aromatic carbocycles. The van der Waals surface area contributed by atoms with Gasteiger partial charge in [0.25, 0.3) is 0 Å². The molecular weight excluding hydrogens is 408 g/mol. The third kappa shape index (κ3) is 3.71. The lowest BCUT2D eigenvalue weighted by Crippen LogP contribution is -2.41. The number of aliphatic hydroxyl groups excluding tert-OH is 1. The largest absolute Gasteiger partial charge is 0.496 e. The van der Waals surface area contributed by atoms with Crippen molar-refractivity contribution in [1.82, 2.24) is 0 Å². The smallest absolute Gasteiger partial charge is 0.333 e. The molecule has 2 aromatic rings. The van der Waals surface area contributed by atoms with Crippen LogP contribution >= 0.6 is 15.9 Å². The summed E-state index contributed by atoms with van der Waals surface area (Å²) in [5.41, 5.74) is 0.517. The van der Waals surface area contributed by atoms with Crippen LogP contribution in [0.4, 0.5) is 0 Å². The SMILES string of the molecule is COc1ccc2cc([C@@H](C)C(=O)C(C(=O)O)C(O)C(=O)O)ccc2c1Br. The van der Waals surface area contributed by atoms with Crippen LogP contribution in [0.15, 0.2) is 34.8 Å². The van der Waals surface area contributed by atoms with Crippen LogP contribution in [-0.2, 0) is 14.4 Å². The molecule has 0 fully saturated rings. The summed E-state index contributed by atoms with van der Waals surface area (Å²) in [5.74, 6) is -6.61. The van der Waals surface area contributed by atoms with Gasteiger partial charge in [0.2, 0.25) is 0 Å². The van der Waals surface area contributed by atoms with Crippen molar-refractivity contribution >= 4 is 44.4 Å². The van der Waals surface area contributed by atoms with E-state index in [0.717, 1.165) is 15.2 Å². The van der Waals surface area contributed by atoms with Gasteiger partial charge < -0.3 is 20.1 Å². The average molecular weight is 425 g/mol. The van der Waals surface area contributed by atoms with Gasteiger partial charge in [-0.3, -0.25) is 9.59 Å². The first-order valence-electron chi connectivity index (χ1n) is 7.62. The number of Topliss-reactive ketones (excluding diaryl/α,β-unsaturated/α-hetero) is 1. The van der Waals surface area contributed by atoms with Gasteiger partial charge in [0.05, 0.1) is 11.6 Å². The Labute approximate surface area is 157 Å². The van der Waals surface area contributed by atoms with Crippen LogP contribution in [0, 0.1) is 5.92 Å². The summed E-state index contributed by atoms with van der Waals surface area (Å²) < 4.78 is 5.97. The Kier molecular flexibility index (Phi) is 5.99. The van der Waals surface area contributed by atoms with Gasteiger partial charge in [-0.2, -0.15) is 0 Å². The maximum atomic E-state index is 12.5. The number of carbonyl (C=O) groups excluding carboxylic acids is 1. The predicted molar refractivity (Wildman–Crippen MR) is 96.4 cm³/mol. The van der Waals surface area contributed by atoms with Gasteiger partial charge in [-0.15, -0.1) is 0 Å². The highest BCUT2D eigenvalue weighted by Crippen LogP contribution is 2.35. The van der Waals surface area contributed by atoms with Crippen LogP contribution in [0.3, 0.4) is 0 Å². The Hall–Kier alpha value is -2.45. The van der Waals surface area contributed by atoms with Crippen molar-refractivity contribution < 1.29 is 34.4 Å². The molecule has 0 radical (unpaired) electrons. The van der Waals surface area contributed by atoms with Crippen LogP contribution in [-0.4, -0.2) is 46.3 Å².